The number of nitro benzene ring substituents is 1. The second-order valence-corrected chi connectivity index (χ2v) is 5.34. The third-order valence-electron chi connectivity index (χ3n) is 3.72. The fourth-order valence-electron chi connectivity index (χ4n) is 2.55. The first-order valence-corrected chi connectivity index (χ1v) is 7.34. The molecule has 1 heterocycles. The molecule has 0 aliphatic carbocycles. The molecule has 1 aromatic heterocycles. The molecule has 0 spiro atoms. The van der Waals surface area contributed by atoms with Crippen LogP contribution >= 0.6 is 0 Å². The number of carbonyl (C=O) groups is 1. The average molecular weight is 343 g/mol. The Morgan fingerprint density at radius 3 is 2.80 bits per heavy atom. The molecule has 0 radical (unpaired) electrons. The molecule has 1 N–H and O–H groups in total. The van der Waals surface area contributed by atoms with Crippen molar-refractivity contribution in [3.63, 3.8) is 0 Å². The van der Waals surface area contributed by atoms with Crippen LogP contribution in [0.5, 0.6) is 5.75 Å². The Bertz CT molecular complexity index is 968. The summed E-state index contributed by atoms with van der Waals surface area (Å²) in [5.74, 6) is -0.471. The minimum atomic E-state index is -0.591. The van der Waals surface area contributed by atoms with Gasteiger partial charge in [-0.3, -0.25) is 14.9 Å². The van der Waals surface area contributed by atoms with Gasteiger partial charge in [0.25, 0.3) is 5.69 Å². The van der Waals surface area contributed by atoms with Crippen LogP contribution in [0.1, 0.15) is 0 Å². The molecule has 7 nitrogen and oxygen atoms in total. The molecule has 0 fully saturated rings. The lowest BCUT2D eigenvalue weighted by Crippen LogP contribution is -2.18. The molecular formula is C17H14FN3O4. The van der Waals surface area contributed by atoms with E-state index in [9.17, 15) is 19.3 Å². The number of ether oxygens (including phenoxy) is 1. The molecule has 1 amide bonds. The molecule has 3 aromatic rings. The van der Waals surface area contributed by atoms with Gasteiger partial charge in [-0.15, -0.1) is 0 Å². The maximum atomic E-state index is 13.2. The lowest BCUT2D eigenvalue weighted by Gasteiger charge is -2.09. The zero-order valence-electron chi connectivity index (χ0n) is 13.2. The van der Waals surface area contributed by atoms with Crippen LogP contribution in [-0.4, -0.2) is 22.5 Å². The Hall–Kier alpha value is -3.42. The molecule has 0 aliphatic rings. The molecule has 25 heavy (non-hydrogen) atoms. The van der Waals surface area contributed by atoms with Crippen molar-refractivity contribution >= 4 is 28.2 Å². The van der Waals surface area contributed by atoms with Gasteiger partial charge in [0, 0.05) is 17.1 Å². The molecule has 8 heteroatoms. The van der Waals surface area contributed by atoms with Crippen LogP contribution in [0, 0.1) is 15.9 Å². The van der Waals surface area contributed by atoms with Gasteiger partial charge in [0.2, 0.25) is 5.91 Å². The van der Waals surface area contributed by atoms with Gasteiger partial charge in [0.05, 0.1) is 18.1 Å². The van der Waals surface area contributed by atoms with E-state index in [4.69, 9.17) is 4.74 Å². The predicted octanol–water partition coefficient (Wildman–Crippen LogP) is 3.34. The molecule has 0 saturated heterocycles. The van der Waals surface area contributed by atoms with Crippen LogP contribution in [0.4, 0.5) is 15.8 Å². The van der Waals surface area contributed by atoms with E-state index in [1.54, 1.807) is 22.9 Å². The topological polar surface area (TPSA) is 86.4 Å². The van der Waals surface area contributed by atoms with Crippen LogP contribution in [0.2, 0.25) is 0 Å². The Kier molecular flexibility index (Phi) is 4.34. The standard InChI is InChI=1S/C17H14FN3O4/c1-25-13-3-4-14(16(9-13)21(23)24)19-17(22)10-20-7-6-11-8-12(18)2-5-15(11)20/h2-9H,10H2,1H3,(H,19,22). The summed E-state index contributed by atoms with van der Waals surface area (Å²) >= 11 is 0. The number of benzene rings is 2. The van der Waals surface area contributed by atoms with E-state index >= 15 is 0 Å². The van der Waals surface area contributed by atoms with Gasteiger partial charge < -0.3 is 14.6 Å². The summed E-state index contributed by atoms with van der Waals surface area (Å²) in [6, 6.07) is 10.1. The SMILES string of the molecule is COc1ccc(NC(=O)Cn2ccc3cc(F)ccc32)c([N+](=O)[O-])c1. The van der Waals surface area contributed by atoms with Crippen molar-refractivity contribution in [1.29, 1.82) is 0 Å². The lowest BCUT2D eigenvalue weighted by atomic mass is 10.2. The Labute approximate surface area is 141 Å². The molecule has 0 unspecified atom stereocenters. The highest BCUT2D eigenvalue weighted by Gasteiger charge is 2.17. The van der Waals surface area contributed by atoms with Gasteiger partial charge in [-0.2, -0.15) is 0 Å². The Morgan fingerprint density at radius 1 is 1.28 bits per heavy atom. The summed E-state index contributed by atoms with van der Waals surface area (Å²) < 4.78 is 19.8. The first kappa shape index (κ1) is 16.4. The maximum Gasteiger partial charge on any atom is 0.296 e. The summed E-state index contributed by atoms with van der Waals surface area (Å²) in [6.07, 6.45) is 1.66. The maximum absolute atomic E-state index is 13.2. The largest absolute Gasteiger partial charge is 0.496 e. The van der Waals surface area contributed by atoms with Crippen molar-refractivity contribution in [2.45, 2.75) is 6.54 Å². The van der Waals surface area contributed by atoms with E-state index in [2.05, 4.69) is 5.32 Å². The number of aromatic nitrogens is 1. The monoisotopic (exact) mass is 343 g/mol. The van der Waals surface area contributed by atoms with Crippen molar-refractivity contribution < 1.29 is 18.8 Å². The number of hydrogen-bond donors (Lipinski definition) is 1. The minimum Gasteiger partial charge on any atom is -0.496 e. The summed E-state index contributed by atoms with van der Waals surface area (Å²) in [6.45, 7) is -0.0572. The summed E-state index contributed by atoms with van der Waals surface area (Å²) in [7, 11) is 1.40. The van der Waals surface area contributed by atoms with Crippen LogP contribution in [0.15, 0.2) is 48.7 Å². The van der Waals surface area contributed by atoms with Gasteiger partial charge >= 0.3 is 0 Å². The first-order chi connectivity index (χ1) is 12.0. The fourth-order valence-corrected chi connectivity index (χ4v) is 2.55. The van der Waals surface area contributed by atoms with Crippen molar-refractivity contribution in [1.82, 2.24) is 4.57 Å². The first-order valence-electron chi connectivity index (χ1n) is 7.34. The zero-order valence-corrected chi connectivity index (χ0v) is 13.2. The zero-order chi connectivity index (χ0) is 18.0. The van der Waals surface area contributed by atoms with Crippen molar-refractivity contribution in [3.8, 4) is 5.75 Å². The Morgan fingerprint density at radius 2 is 2.08 bits per heavy atom. The Balaban J connectivity index is 1.81. The van der Waals surface area contributed by atoms with Gasteiger partial charge in [-0.05, 0) is 36.4 Å². The number of nitrogens with zero attached hydrogens (tertiary/aromatic N) is 2. The van der Waals surface area contributed by atoms with Gasteiger partial charge in [-0.25, -0.2) is 4.39 Å². The van der Waals surface area contributed by atoms with E-state index in [0.29, 0.717) is 16.7 Å². The summed E-state index contributed by atoms with van der Waals surface area (Å²) in [4.78, 5) is 22.8. The number of anilines is 1. The third kappa shape index (κ3) is 3.42. The summed E-state index contributed by atoms with van der Waals surface area (Å²) in [5, 5.41) is 14.3. The van der Waals surface area contributed by atoms with Crippen molar-refractivity contribution in [3.05, 3.63) is 64.6 Å². The van der Waals surface area contributed by atoms with E-state index in [-0.39, 0.29) is 23.7 Å². The normalized spacial score (nSPS) is 10.6. The van der Waals surface area contributed by atoms with E-state index in [0.717, 1.165) is 0 Å². The number of rotatable bonds is 5. The number of carbonyl (C=O) groups excluding carboxylic acids is 1. The molecule has 0 saturated carbocycles. The van der Waals surface area contributed by atoms with Crippen LogP contribution < -0.4 is 10.1 Å². The molecule has 0 atom stereocenters. The summed E-state index contributed by atoms with van der Waals surface area (Å²) in [5.41, 5.74) is 0.520. The van der Waals surface area contributed by atoms with Gasteiger partial charge in [-0.1, -0.05) is 0 Å². The van der Waals surface area contributed by atoms with E-state index < -0.39 is 10.8 Å². The van der Waals surface area contributed by atoms with E-state index in [1.165, 1.54) is 37.4 Å². The number of nitro groups is 1. The number of amides is 1. The fraction of sp³-hybridized carbons (Fsp3) is 0.118. The minimum absolute atomic E-state index is 0.0572. The molecule has 0 aliphatic heterocycles. The molecule has 3 rings (SSSR count). The second kappa shape index (κ2) is 6.60. The van der Waals surface area contributed by atoms with Gasteiger partial charge in [0.15, 0.2) is 0 Å². The third-order valence-corrected chi connectivity index (χ3v) is 3.72. The average Bonchev–Trinajstić information content (AvgIpc) is 2.96. The number of fused-ring (bicyclic) bond motifs is 1. The highest BCUT2D eigenvalue weighted by Crippen LogP contribution is 2.29. The van der Waals surface area contributed by atoms with Crippen LogP contribution in [0.25, 0.3) is 10.9 Å². The number of methoxy groups -OCH3 is 1. The molecule has 0 bridgehead atoms. The van der Waals surface area contributed by atoms with Crippen LogP contribution in [-0.2, 0) is 11.3 Å². The highest BCUT2D eigenvalue weighted by molar-refractivity contribution is 5.94. The number of hydrogen-bond acceptors (Lipinski definition) is 4. The quantitative estimate of drug-likeness (QED) is 0.569. The van der Waals surface area contributed by atoms with Crippen LogP contribution in [0.3, 0.4) is 0 Å². The smallest absolute Gasteiger partial charge is 0.296 e. The van der Waals surface area contributed by atoms with Crippen molar-refractivity contribution in [2.75, 3.05) is 12.4 Å². The number of halogens is 1. The van der Waals surface area contributed by atoms with Crippen molar-refractivity contribution in [2.24, 2.45) is 0 Å². The lowest BCUT2D eigenvalue weighted by molar-refractivity contribution is -0.384. The molecular weight excluding hydrogens is 329 g/mol. The second-order valence-electron chi connectivity index (χ2n) is 5.34. The van der Waals surface area contributed by atoms with E-state index in [1.807, 2.05) is 0 Å². The predicted molar refractivity (Wildman–Crippen MR) is 90.2 cm³/mol. The molecule has 128 valence electrons. The van der Waals surface area contributed by atoms with Gasteiger partial charge in [0.1, 0.15) is 23.8 Å². The number of nitrogens with one attached hydrogen (secondary N) is 1. The molecule has 2 aromatic carbocycles. The highest BCUT2D eigenvalue weighted by atomic mass is 19.1.